The number of hydrogen-bond acceptors (Lipinski definition) is 4. The second kappa shape index (κ2) is 6.79. The van der Waals surface area contributed by atoms with Crippen LogP contribution in [0, 0.1) is 0 Å². The van der Waals surface area contributed by atoms with E-state index in [0.29, 0.717) is 18.6 Å². The fraction of sp³-hybridized carbons (Fsp3) is 0.182. The number of pyridine rings is 1. The van der Waals surface area contributed by atoms with E-state index in [0.717, 1.165) is 22.1 Å². The van der Waals surface area contributed by atoms with Crippen molar-refractivity contribution in [1.82, 2.24) is 19.1 Å². The standard InChI is InChI=1S/C22H20N4O2S/c1-25-13-18(12-24-25)20-15-26(14-17-6-2-3-9-19(17)20)29(27,28)21-10-4-7-16-8-5-11-23-22(16)21/h2-13,20H,14-15H2,1H3. The van der Waals surface area contributed by atoms with Crippen LogP contribution in [0.1, 0.15) is 22.6 Å². The smallest absolute Gasteiger partial charge is 0.245 e. The molecule has 0 amide bonds. The van der Waals surface area contributed by atoms with E-state index in [-0.39, 0.29) is 10.8 Å². The van der Waals surface area contributed by atoms with Gasteiger partial charge in [0.1, 0.15) is 4.90 Å². The van der Waals surface area contributed by atoms with Gasteiger partial charge in [0.15, 0.2) is 0 Å². The lowest BCUT2D eigenvalue weighted by atomic mass is 9.87. The second-order valence-corrected chi connectivity index (χ2v) is 9.23. The molecule has 3 heterocycles. The molecule has 2 aromatic carbocycles. The maximum Gasteiger partial charge on any atom is 0.245 e. The Morgan fingerprint density at radius 2 is 1.86 bits per heavy atom. The van der Waals surface area contributed by atoms with Crippen LogP contribution in [0.4, 0.5) is 0 Å². The van der Waals surface area contributed by atoms with E-state index >= 15 is 0 Å². The molecule has 0 bridgehead atoms. The fourth-order valence-electron chi connectivity index (χ4n) is 4.09. The summed E-state index contributed by atoms with van der Waals surface area (Å²) in [5.74, 6) is -0.0636. The largest absolute Gasteiger partial charge is 0.276 e. The lowest BCUT2D eigenvalue weighted by molar-refractivity contribution is 0.372. The minimum Gasteiger partial charge on any atom is -0.276 e. The normalized spacial score (nSPS) is 17.3. The predicted molar refractivity (Wildman–Crippen MR) is 111 cm³/mol. The lowest BCUT2D eigenvalue weighted by Crippen LogP contribution is -2.38. The molecule has 0 saturated carbocycles. The van der Waals surface area contributed by atoms with Crippen molar-refractivity contribution in [2.24, 2.45) is 7.05 Å². The van der Waals surface area contributed by atoms with Gasteiger partial charge in [-0.15, -0.1) is 0 Å². The molecule has 0 spiro atoms. The van der Waals surface area contributed by atoms with Crippen molar-refractivity contribution >= 4 is 20.9 Å². The maximum absolute atomic E-state index is 13.7. The van der Waals surface area contributed by atoms with Gasteiger partial charge in [-0.3, -0.25) is 9.67 Å². The van der Waals surface area contributed by atoms with Crippen molar-refractivity contribution < 1.29 is 8.42 Å². The fourth-order valence-corrected chi connectivity index (χ4v) is 5.68. The van der Waals surface area contributed by atoms with Crippen LogP contribution in [0.3, 0.4) is 0 Å². The van der Waals surface area contributed by atoms with Crippen LogP contribution in [0.15, 0.2) is 78.1 Å². The van der Waals surface area contributed by atoms with Crippen LogP contribution in [-0.4, -0.2) is 34.0 Å². The molecular weight excluding hydrogens is 384 g/mol. The molecule has 1 atom stereocenters. The van der Waals surface area contributed by atoms with Gasteiger partial charge in [0.25, 0.3) is 0 Å². The zero-order valence-corrected chi connectivity index (χ0v) is 16.7. The van der Waals surface area contributed by atoms with Crippen LogP contribution in [0.5, 0.6) is 0 Å². The molecule has 4 aromatic rings. The number of sulfonamides is 1. The molecule has 1 unspecified atom stereocenters. The van der Waals surface area contributed by atoms with Crippen LogP contribution in [0.2, 0.25) is 0 Å². The van der Waals surface area contributed by atoms with Gasteiger partial charge in [-0.25, -0.2) is 8.42 Å². The van der Waals surface area contributed by atoms with E-state index in [1.807, 2.05) is 55.8 Å². The molecule has 0 saturated heterocycles. The zero-order chi connectivity index (χ0) is 20.0. The van der Waals surface area contributed by atoms with Crippen LogP contribution in [0.25, 0.3) is 10.9 Å². The molecule has 2 aromatic heterocycles. The van der Waals surface area contributed by atoms with E-state index in [1.54, 1.807) is 27.3 Å². The first kappa shape index (κ1) is 18.0. The SMILES string of the molecule is Cn1cc(C2CN(S(=O)(=O)c3cccc4cccnc34)Cc3ccccc32)cn1. The molecule has 0 radical (unpaired) electrons. The quantitative estimate of drug-likeness (QED) is 0.525. The summed E-state index contributed by atoms with van der Waals surface area (Å²) >= 11 is 0. The first-order chi connectivity index (χ1) is 14.0. The van der Waals surface area contributed by atoms with Crippen LogP contribution >= 0.6 is 0 Å². The Hall–Kier alpha value is -3.03. The van der Waals surface area contributed by atoms with Gasteiger partial charge in [0, 0.05) is 43.8 Å². The molecule has 0 N–H and O–H groups in total. The number of benzene rings is 2. The Kier molecular flexibility index (Phi) is 4.22. The van der Waals surface area contributed by atoms with E-state index in [1.165, 1.54) is 0 Å². The van der Waals surface area contributed by atoms with Crippen molar-refractivity contribution in [3.63, 3.8) is 0 Å². The Labute approximate surface area is 169 Å². The van der Waals surface area contributed by atoms with Gasteiger partial charge in [-0.1, -0.05) is 42.5 Å². The monoisotopic (exact) mass is 404 g/mol. The second-order valence-electron chi connectivity index (χ2n) is 7.33. The van der Waals surface area contributed by atoms with Gasteiger partial charge in [0.2, 0.25) is 10.0 Å². The Morgan fingerprint density at radius 1 is 1.03 bits per heavy atom. The molecule has 0 aliphatic carbocycles. The number of para-hydroxylation sites is 1. The lowest BCUT2D eigenvalue weighted by Gasteiger charge is -2.33. The summed E-state index contributed by atoms with van der Waals surface area (Å²) in [5, 5.41) is 5.10. The molecule has 7 heteroatoms. The highest BCUT2D eigenvalue weighted by atomic mass is 32.2. The minimum atomic E-state index is -3.72. The molecule has 146 valence electrons. The maximum atomic E-state index is 13.7. The number of aromatic nitrogens is 3. The highest BCUT2D eigenvalue weighted by Gasteiger charge is 2.35. The summed E-state index contributed by atoms with van der Waals surface area (Å²) in [6.07, 6.45) is 5.40. The highest BCUT2D eigenvalue weighted by molar-refractivity contribution is 7.89. The van der Waals surface area contributed by atoms with Crippen LogP contribution < -0.4 is 0 Å². The minimum absolute atomic E-state index is 0.0636. The molecule has 29 heavy (non-hydrogen) atoms. The van der Waals surface area contributed by atoms with Crippen molar-refractivity contribution in [2.45, 2.75) is 17.4 Å². The number of rotatable bonds is 3. The third-order valence-corrected chi connectivity index (χ3v) is 7.35. The molecule has 5 rings (SSSR count). The van der Waals surface area contributed by atoms with E-state index in [4.69, 9.17) is 0 Å². The Morgan fingerprint density at radius 3 is 2.69 bits per heavy atom. The summed E-state index contributed by atoms with van der Waals surface area (Å²) in [6, 6.07) is 17.0. The first-order valence-corrected chi connectivity index (χ1v) is 10.9. The molecule has 0 fully saturated rings. The number of nitrogens with zero attached hydrogens (tertiary/aromatic N) is 4. The average Bonchev–Trinajstić information content (AvgIpc) is 3.18. The summed E-state index contributed by atoms with van der Waals surface area (Å²) < 4.78 is 30.6. The van der Waals surface area contributed by atoms with Gasteiger partial charge in [-0.05, 0) is 28.8 Å². The Balaban J connectivity index is 1.62. The average molecular weight is 404 g/mol. The van der Waals surface area contributed by atoms with Crippen molar-refractivity contribution in [2.75, 3.05) is 6.54 Å². The van der Waals surface area contributed by atoms with Gasteiger partial charge in [0.05, 0.1) is 11.7 Å². The molecule has 1 aliphatic rings. The molecule has 6 nitrogen and oxygen atoms in total. The zero-order valence-electron chi connectivity index (χ0n) is 15.9. The topological polar surface area (TPSA) is 68.1 Å². The number of hydrogen-bond donors (Lipinski definition) is 0. The Bertz CT molecular complexity index is 1310. The van der Waals surface area contributed by atoms with Crippen molar-refractivity contribution in [1.29, 1.82) is 0 Å². The van der Waals surface area contributed by atoms with Gasteiger partial charge in [-0.2, -0.15) is 9.40 Å². The van der Waals surface area contributed by atoms with Crippen molar-refractivity contribution in [3.8, 4) is 0 Å². The third-order valence-electron chi connectivity index (χ3n) is 5.50. The van der Waals surface area contributed by atoms with Gasteiger partial charge < -0.3 is 0 Å². The summed E-state index contributed by atoms with van der Waals surface area (Å²) in [7, 11) is -1.85. The van der Waals surface area contributed by atoms with Gasteiger partial charge >= 0.3 is 0 Å². The predicted octanol–water partition coefficient (Wildman–Crippen LogP) is 3.30. The number of fused-ring (bicyclic) bond motifs is 2. The third kappa shape index (κ3) is 3.03. The van der Waals surface area contributed by atoms with Crippen molar-refractivity contribution in [3.05, 3.63) is 89.9 Å². The summed E-state index contributed by atoms with van der Waals surface area (Å²) in [6.45, 7) is 0.715. The van der Waals surface area contributed by atoms with E-state index in [2.05, 4.69) is 16.1 Å². The molecular formula is C22H20N4O2S. The summed E-state index contributed by atoms with van der Waals surface area (Å²) in [4.78, 5) is 4.60. The van der Waals surface area contributed by atoms with Crippen LogP contribution in [-0.2, 0) is 23.6 Å². The van der Waals surface area contributed by atoms with E-state index in [9.17, 15) is 8.42 Å². The summed E-state index contributed by atoms with van der Waals surface area (Å²) in [5.41, 5.74) is 3.69. The first-order valence-electron chi connectivity index (χ1n) is 9.44. The molecule has 1 aliphatic heterocycles. The van der Waals surface area contributed by atoms with E-state index < -0.39 is 10.0 Å². The number of aryl methyl sites for hydroxylation is 1. The highest BCUT2D eigenvalue weighted by Crippen LogP contribution is 2.36.